The molecule has 132 valence electrons. The van der Waals surface area contributed by atoms with E-state index in [-0.39, 0.29) is 16.2 Å². The van der Waals surface area contributed by atoms with E-state index in [1.165, 1.54) is 12.8 Å². The molecule has 3 aliphatic rings. The van der Waals surface area contributed by atoms with Gasteiger partial charge in [-0.15, -0.1) is 0 Å². The van der Waals surface area contributed by atoms with E-state index in [0.717, 1.165) is 41.9 Å². The van der Waals surface area contributed by atoms with E-state index in [1.807, 2.05) is 0 Å². The first-order chi connectivity index (χ1) is 11.9. The van der Waals surface area contributed by atoms with Crippen LogP contribution in [0.5, 0.6) is 5.75 Å². The van der Waals surface area contributed by atoms with Gasteiger partial charge in [-0.1, -0.05) is 36.0 Å². The molecule has 0 spiro atoms. The number of carbonyl (C=O) groups excluding carboxylic acids is 1. The van der Waals surface area contributed by atoms with Gasteiger partial charge in [0.2, 0.25) is 0 Å². The molecule has 1 atom stereocenters. The van der Waals surface area contributed by atoms with E-state index in [0.29, 0.717) is 17.2 Å². The molecule has 4 nitrogen and oxygen atoms in total. The fourth-order valence-corrected chi connectivity index (χ4v) is 4.78. The van der Waals surface area contributed by atoms with E-state index in [1.54, 1.807) is 12.1 Å². The van der Waals surface area contributed by atoms with Crippen molar-refractivity contribution >= 4 is 40.5 Å². The highest BCUT2D eigenvalue weighted by Crippen LogP contribution is 2.60. The summed E-state index contributed by atoms with van der Waals surface area (Å²) in [4.78, 5) is 22.8. The molecule has 0 heterocycles. The Morgan fingerprint density at radius 2 is 2.08 bits per heavy atom. The van der Waals surface area contributed by atoms with E-state index < -0.39 is 12.6 Å². The smallest absolute Gasteiger partial charge is 0.341 e. The second kappa shape index (κ2) is 6.03. The predicted molar refractivity (Wildman–Crippen MR) is 95.3 cm³/mol. The zero-order chi connectivity index (χ0) is 17.8. The number of ketones is 1. The first-order valence-electron chi connectivity index (χ1n) is 8.50. The van der Waals surface area contributed by atoms with Crippen molar-refractivity contribution in [3.8, 4) is 5.75 Å². The van der Waals surface area contributed by atoms with Crippen molar-refractivity contribution in [1.82, 2.24) is 0 Å². The van der Waals surface area contributed by atoms with Crippen molar-refractivity contribution in [2.24, 2.45) is 11.3 Å². The minimum atomic E-state index is -1.07. The number of carboxylic acids is 1. The number of fused-ring (bicyclic) bond motifs is 3. The lowest BCUT2D eigenvalue weighted by molar-refractivity contribution is -0.139. The van der Waals surface area contributed by atoms with E-state index in [4.69, 9.17) is 33.0 Å². The van der Waals surface area contributed by atoms with Gasteiger partial charge in [0.05, 0.1) is 5.02 Å². The van der Waals surface area contributed by atoms with Gasteiger partial charge in [-0.2, -0.15) is 0 Å². The van der Waals surface area contributed by atoms with Crippen LogP contribution in [0.25, 0.3) is 5.57 Å². The summed E-state index contributed by atoms with van der Waals surface area (Å²) in [6.07, 6.45) is 7.53. The predicted octanol–water partition coefficient (Wildman–Crippen LogP) is 4.55. The normalized spacial score (nSPS) is 24.6. The maximum absolute atomic E-state index is 12.1. The molecule has 1 saturated carbocycles. The molecule has 1 fully saturated rings. The van der Waals surface area contributed by atoms with E-state index >= 15 is 0 Å². The largest absolute Gasteiger partial charge is 0.480 e. The van der Waals surface area contributed by atoms with Crippen LogP contribution in [0.2, 0.25) is 10.0 Å². The first kappa shape index (κ1) is 16.9. The summed E-state index contributed by atoms with van der Waals surface area (Å²) in [7, 11) is 0. The number of benzene rings is 1. The molecule has 1 aromatic carbocycles. The van der Waals surface area contributed by atoms with Crippen LogP contribution in [-0.2, 0) is 16.0 Å². The third-order valence-electron chi connectivity index (χ3n) is 5.51. The minimum Gasteiger partial charge on any atom is -0.480 e. The summed E-state index contributed by atoms with van der Waals surface area (Å²) >= 11 is 12.9. The summed E-state index contributed by atoms with van der Waals surface area (Å²) in [5, 5.41) is 9.40. The van der Waals surface area contributed by atoms with Gasteiger partial charge in [-0.3, -0.25) is 4.79 Å². The van der Waals surface area contributed by atoms with Gasteiger partial charge < -0.3 is 9.84 Å². The molecular formula is C19H18Cl2O4. The van der Waals surface area contributed by atoms with Crippen LogP contribution in [0.4, 0.5) is 0 Å². The van der Waals surface area contributed by atoms with Crippen molar-refractivity contribution in [1.29, 1.82) is 0 Å². The molecule has 1 aromatic rings. The van der Waals surface area contributed by atoms with Gasteiger partial charge in [0.25, 0.3) is 0 Å². The van der Waals surface area contributed by atoms with Gasteiger partial charge in [-0.25, -0.2) is 4.79 Å². The number of rotatable bonds is 5. The number of hydrogen-bond acceptors (Lipinski definition) is 3. The molecule has 0 radical (unpaired) electrons. The van der Waals surface area contributed by atoms with Crippen LogP contribution in [0.15, 0.2) is 12.1 Å². The zero-order valence-electron chi connectivity index (χ0n) is 13.6. The Morgan fingerprint density at radius 1 is 1.32 bits per heavy atom. The number of allylic oxidation sites excluding steroid dienone is 2. The van der Waals surface area contributed by atoms with Crippen molar-refractivity contribution in [2.75, 3.05) is 6.61 Å². The molecule has 1 N–H and O–H groups in total. The Bertz CT molecular complexity index is 810. The Labute approximate surface area is 155 Å². The highest BCUT2D eigenvalue weighted by atomic mass is 35.5. The molecule has 4 rings (SSSR count). The Hall–Kier alpha value is -1.52. The average Bonchev–Trinajstić information content (AvgIpc) is 3.30. The Morgan fingerprint density at radius 3 is 2.76 bits per heavy atom. The average molecular weight is 381 g/mol. The lowest BCUT2D eigenvalue weighted by atomic mass is 9.69. The van der Waals surface area contributed by atoms with Crippen LogP contribution in [0.1, 0.15) is 43.2 Å². The van der Waals surface area contributed by atoms with Gasteiger partial charge in [-0.05, 0) is 48.5 Å². The van der Waals surface area contributed by atoms with Gasteiger partial charge in [0.1, 0.15) is 10.8 Å². The third-order valence-corrected chi connectivity index (χ3v) is 6.36. The molecule has 6 heteroatoms. The van der Waals surface area contributed by atoms with Gasteiger partial charge in [0, 0.05) is 17.4 Å². The fraction of sp³-hybridized carbons (Fsp3) is 0.474. The second-order valence-corrected chi connectivity index (χ2v) is 8.10. The molecule has 1 unspecified atom stereocenters. The molecule has 0 aromatic heterocycles. The molecular weight excluding hydrogens is 363 g/mol. The molecule has 0 aliphatic heterocycles. The number of hydrogen-bond donors (Lipinski definition) is 1. The number of aliphatic carboxylic acids is 1. The molecule has 25 heavy (non-hydrogen) atoms. The second-order valence-electron chi connectivity index (χ2n) is 7.35. The van der Waals surface area contributed by atoms with E-state index in [9.17, 15) is 9.59 Å². The highest BCUT2D eigenvalue weighted by molar-refractivity contribution is 6.44. The van der Waals surface area contributed by atoms with Crippen LogP contribution >= 0.6 is 23.2 Å². The molecule has 0 saturated heterocycles. The Balaban J connectivity index is 1.78. The van der Waals surface area contributed by atoms with Crippen molar-refractivity contribution in [2.45, 2.75) is 38.5 Å². The van der Waals surface area contributed by atoms with Crippen molar-refractivity contribution < 1.29 is 19.4 Å². The minimum absolute atomic E-state index is 0.0458. The van der Waals surface area contributed by atoms with Crippen LogP contribution < -0.4 is 4.74 Å². The molecule has 3 aliphatic carbocycles. The summed E-state index contributed by atoms with van der Waals surface area (Å²) < 4.78 is 5.30. The topological polar surface area (TPSA) is 63.6 Å². The number of carboxylic acid groups (broad SMARTS) is 1. The Kier molecular flexibility index (Phi) is 4.08. The summed E-state index contributed by atoms with van der Waals surface area (Å²) in [5.74, 6) is 0.0791. The zero-order valence-corrected chi connectivity index (χ0v) is 15.1. The van der Waals surface area contributed by atoms with Crippen molar-refractivity contribution in [3.63, 3.8) is 0 Å². The maximum atomic E-state index is 12.1. The first-order valence-corrected chi connectivity index (χ1v) is 9.26. The lowest BCUT2D eigenvalue weighted by Crippen LogP contribution is -2.26. The van der Waals surface area contributed by atoms with Gasteiger partial charge >= 0.3 is 5.97 Å². The van der Waals surface area contributed by atoms with E-state index in [2.05, 4.69) is 0 Å². The maximum Gasteiger partial charge on any atom is 0.341 e. The molecule has 0 amide bonds. The van der Waals surface area contributed by atoms with Crippen LogP contribution in [0.3, 0.4) is 0 Å². The third kappa shape index (κ3) is 2.96. The molecule has 0 bridgehead atoms. The number of halogens is 2. The number of ether oxygens (including phenoxy) is 1. The number of carbonyl (C=O) groups is 2. The van der Waals surface area contributed by atoms with Crippen LogP contribution in [-0.4, -0.2) is 23.5 Å². The van der Waals surface area contributed by atoms with Gasteiger partial charge in [0.15, 0.2) is 12.4 Å². The van der Waals surface area contributed by atoms with Crippen molar-refractivity contribution in [3.05, 3.63) is 33.3 Å². The summed E-state index contributed by atoms with van der Waals surface area (Å²) in [6, 6.07) is 1.80. The summed E-state index contributed by atoms with van der Waals surface area (Å²) in [5.41, 5.74) is 2.82. The fourth-order valence-electron chi connectivity index (χ4n) is 4.26. The standard InChI is InChI=1S/C19H18Cl2O4/c20-17-14(25-9-15(23)24)5-11-8-19(7-10-1-2-10)4-3-12(22)6-13(19)16(11)18(17)21/h5-6,10H,1-4,7-9H2,(H,23,24). The SMILES string of the molecule is O=C(O)COc1cc2c(c(Cl)c1Cl)C1=CC(=O)CCC1(CC1CC1)C2. The highest BCUT2D eigenvalue weighted by Gasteiger charge is 2.48. The quantitative estimate of drug-likeness (QED) is 0.813. The monoisotopic (exact) mass is 380 g/mol. The summed E-state index contributed by atoms with van der Waals surface area (Å²) in [6.45, 7) is -0.469. The lowest BCUT2D eigenvalue weighted by Gasteiger charge is -2.34. The van der Waals surface area contributed by atoms with Crippen LogP contribution in [0, 0.1) is 11.3 Å².